The van der Waals surface area contributed by atoms with E-state index in [2.05, 4.69) is 9.97 Å². The van der Waals surface area contributed by atoms with Gasteiger partial charge < -0.3 is 10.1 Å². The number of aryl methyl sites for hydroxylation is 1. The van der Waals surface area contributed by atoms with E-state index < -0.39 is 0 Å². The van der Waals surface area contributed by atoms with Gasteiger partial charge in [-0.05, 0) is 48.9 Å². The molecule has 2 N–H and O–H groups in total. The largest absolute Gasteiger partial charge is 0.508 e. The molecule has 106 valence electrons. The molecule has 0 spiro atoms. The molecule has 0 fully saturated rings. The van der Waals surface area contributed by atoms with Crippen molar-refractivity contribution in [2.24, 2.45) is 0 Å². The smallest absolute Gasteiger partial charge is 0.173 e. The van der Waals surface area contributed by atoms with Crippen molar-refractivity contribution in [1.82, 2.24) is 9.97 Å². The predicted octanol–water partition coefficient (Wildman–Crippen LogP) is 3.55. The SMILES string of the molecule is Cc1ccc2nc(SCC(=O)c3ccc(O)cc3)[nH]c2c1. The first kappa shape index (κ1) is 13.7. The number of benzene rings is 2. The molecule has 0 amide bonds. The highest BCUT2D eigenvalue weighted by molar-refractivity contribution is 7.99. The molecule has 0 unspecified atom stereocenters. The molecule has 0 aliphatic rings. The summed E-state index contributed by atoms with van der Waals surface area (Å²) in [7, 11) is 0. The summed E-state index contributed by atoms with van der Waals surface area (Å²) in [5, 5.41) is 9.96. The van der Waals surface area contributed by atoms with Crippen LogP contribution in [0.1, 0.15) is 15.9 Å². The second kappa shape index (κ2) is 5.61. The fourth-order valence-corrected chi connectivity index (χ4v) is 2.81. The number of phenols is 1. The van der Waals surface area contributed by atoms with Gasteiger partial charge in [-0.3, -0.25) is 4.79 Å². The number of carbonyl (C=O) groups excluding carboxylic acids is 1. The Labute approximate surface area is 126 Å². The minimum atomic E-state index is 0.0108. The topological polar surface area (TPSA) is 66.0 Å². The molecule has 4 nitrogen and oxygen atoms in total. The number of ketones is 1. The van der Waals surface area contributed by atoms with E-state index in [4.69, 9.17) is 0 Å². The van der Waals surface area contributed by atoms with Crippen LogP contribution in [0.5, 0.6) is 5.75 Å². The number of phenolic OH excluding ortho intramolecular Hbond substituents is 1. The maximum absolute atomic E-state index is 12.1. The van der Waals surface area contributed by atoms with Crippen molar-refractivity contribution in [2.75, 3.05) is 5.75 Å². The first-order valence-electron chi connectivity index (χ1n) is 6.53. The molecule has 0 atom stereocenters. The number of aromatic amines is 1. The van der Waals surface area contributed by atoms with E-state index in [0.29, 0.717) is 11.3 Å². The number of fused-ring (bicyclic) bond motifs is 1. The molecule has 0 bridgehead atoms. The lowest BCUT2D eigenvalue weighted by Crippen LogP contribution is -2.02. The summed E-state index contributed by atoms with van der Waals surface area (Å²) in [5.74, 6) is 0.479. The normalized spacial score (nSPS) is 10.9. The third-order valence-electron chi connectivity index (χ3n) is 3.14. The standard InChI is InChI=1S/C16H14N2O2S/c1-10-2-7-13-14(8-10)18-16(17-13)21-9-15(20)11-3-5-12(19)6-4-11/h2-8,19H,9H2,1H3,(H,17,18). The second-order valence-electron chi connectivity index (χ2n) is 4.82. The molecular weight excluding hydrogens is 284 g/mol. The van der Waals surface area contributed by atoms with E-state index in [9.17, 15) is 9.90 Å². The van der Waals surface area contributed by atoms with Crippen LogP contribution in [0.15, 0.2) is 47.6 Å². The van der Waals surface area contributed by atoms with Crippen LogP contribution in [0.4, 0.5) is 0 Å². The molecule has 3 rings (SSSR count). The third kappa shape index (κ3) is 3.08. The van der Waals surface area contributed by atoms with Crippen LogP contribution in [0.25, 0.3) is 11.0 Å². The number of thioether (sulfide) groups is 1. The number of nitrogens with one attached hydrogen (secondary N) is 1. The first-order chi connectivity index (χ1) is 10.1. The van der Waals surface area contributed by atoms with Crippen LogP contribution in [-0.2, 0) is 0 Å². The Kier molecular flexibility index (Phi) is 3.66. The minimum Gasteiger partial charge on any atom is -0.508 e. The van der Waals surface area contributed by atoms with Crippen LogP contribution in [0.2, 0.25) is 0 Å². The average molecular weight is 298 g/mol. The van der Waals surface area contributed by atoms with Crippen LogP contribution in [0.3, 0.4) is 0 Å². The molecule has 0 saturated heterocycles. The van der Waals surface area contributed by atoms with Gasteiger partial charge in [-0.2, -0.15) is 0 Å². The van der Waals surface area contributed by atoms with Crippen molar-refractivity contribution in [3.8, 4) is 5.75 Å². The van der Waals surface area contributed by atoms with E-state index >= 15 is 0 Å². The zero-order chi connectivity index (χ0) is 14.8. The fraction of sp³-hybridized carbons (Fsp3) is 0.125. The van der Waals surface area contributed by atoms with Crippen molar-refractivity contribution in [2.45, 2.75) is 12.1 Å². The number of hydrogen-bond acceptors (Lipinski definition) is 4. The van der Waals surface area contributed by atoms with Gasteiger partial charge in [-0.1, -0.05) is 17.8 Å². The summed E-state index contributed by atoms with van der Waals surface area (Å²) in [4.78, 5) is 19.7. The van der Waals surface area contributed by atoms with Crippen LogP contribution in [-0.4, -0.2) is 26.6 Å². The Morgan fingerprint density at radius 2 is 2.00 bits per heavy atom. The van der Waals surface area contributed by atoms with E-state index in [1.165, 1.54) is 29.5 Å². The molecule has 3 aromatic rings. The van der Waals surface area contributed by atoms with Gasteiger partial charge in [0.05, 0.1) is 16.8 Å². The zero-order valence-electron chi connectivity index (χ0n) is 11.5. The molecule has 1 heterocycles. The number of aromatic hydroxyl groups is 1. The maximum Gasteiger partial charge on any atom is 0.173 e. The van der Waals surface area contributed by atoms with Crippen molar-refractivity contribution >= 4 is 28.6 Å². The lowest BCUT2D eigenvalue weighted by atomic mass is 10.1. The molecule has 2 aromatic carbocycles. The maximum atomic E-state index is 12.1. The molecule has 0 aliphatic heterocycles. The lowest BCUT2D eigenvalue weighted by Gasteiger charge is -1.99. The highest BCUT2D eigenvalue weighted by Crippen LogP contribution is 2.21. The Morgan fingerprint density at radius 3 is 2.76 bits per heavy atom. The lowest BCUT2D eigenvalue weighted by molar-refractivity contribution is 0.102. The molecule has 0 radical (unpaired) electrons. The number of rotatable bonds is 4. The van der Waals surface area contributed by atoms with Crippen molar-refractivity contribution in [1.29, 1.82) is 0 Å². The summed E-state index contributed by atoms with van der Waals surface area (Å²) >= 11 is 1.38. The number of carbonyl (C=O) groups is 1. The van der Waals surface area contributed by atoms with Gasteiger partial charge >= 0.3 is 0 Å². The number of hydrogen-bond donors (Lipinski definition) is 2. The van der Waals surface area contributed by atoms with Gasteiger partial charge in [0.2, 0.25) is 0 Å². The van der Waals surface area contributed by atoms with Crippen LogP contribution < -0.4 is 0 Å². The molecule has 0 aliphatic carbocycles. The van der Waals surface area contributed by atoms with Crippen molar-refractivity contribution in [3.05, 3.63) is 53.6 Å². The van der Waals surface area contributed by atoms with Gasteiger partial charge in [0.15, 0.2) is 10.9 Å². The first-order valence-corrected chi connectivity index (χ1v) is 7.52. The number of imidazole rings is 1. The number of aromatic nitrogens is 2. The quantitative estimate of drug-likeness (QED) is 0.571. The Balaban J connectivity index is 1.71. The Bertz CT molecular complexity index is 794. The Hall–Kier alpha value is -2.27. The van der Waals surface area contributed by atoms with E-state index in [1.54, 1.807) is 12.1 Å². The number of Topliss-reactive ketones (excluding diaryl/α,β-unsaturated/α-hetero) is 1. The molecule has 21 heavy (non-hydrogen) atoms. The van der Waals surface area contributed by atoms with Crippen molar-refractivity contribution in [3.63, 3.8) is 0 Å². The summed E-state index contributed by atoms with van der Waals surface area (Å²) < 4.78 is 0. The third-order valence-corrected chi connectivity index (χ3v) is 4.02. The highest BCUT2D eigenvalue weighted by Gasteiger charge is 2.09. The van der Waals surface area contributed by atoms with Gasteiger partial charge in [-0.15, -0.1) is 0 Å². The minimum absolute atomic E-state index is 0.0108. The van der Waals surface area contributed by atoms with Gasteiger partial charge in [0, 0.05) is 5.56 Å². The summed E-state index contributed by atoms with van der Waals surface area (Å²) in [6, 6.07) is 12.3. The molecule has 1 aromatic heterocycles. The van der Waals surface area contributed by atoms with Crippen LogP contribution in [0, 0.1) is 6.92 Å². The van der Waals surface area contributed by atoms with E-state index in [-0.39, 0.29) is 11.5 Å². The molecule has 5 heteroatoms. The fourth-order valence-electron chi connectivity index (χ4n) is 2.03. The van der Waals surface area contributed by atoms with Crippen LogP contribution >= 0.6 is 11.8 Å². The predicted molar refractivity (Wildman–Crippen MR) is 84.0 cm³/mol. The summed E-state index contributed by atoms with van der Waals surface area (Å²) in [6.07, 6.45) is 0. The Morgan fingerprint density at radius 1 is 1.24 bits per heavy atom. The van der Waals surface area contributed by atoms with E-state index in [0.717, 1.165) is 16.2 Å². The zero-order valence-corrected chi connectivity index (χ0v) is 12.3. The average Bonchev–Trinajstić information content (AvgIpc) is 2.87. The van der Waals surface area contributed by atoms with Gasteiger partial charge in [0.25, 0.3) is 0 Å². The highest BCUT2D eigenvalue weighted by atomic mass is 32.2. The van der Waals surface area contributed by atoms with E-state index in [1.807, 2.05) is 25.1 Å². The second-order valence-corrected chi connectivity index (χ2v) is 5.79. The monoisotopic (exact) mass is 298 g/mol. The molecule has 0 saturated carbocycles. The van der Waals surface area contributed by atoms with Crippen molar-refractivity contribution < 1.29 is 9.90 Å². The molecular formula is C16H14N2O2S. The summed E-state index contributed by atoms with van der Waals surface area (Å²) in [6.45, 7) is 2.03. The summed E-state index contributed by atoms with van der Waals surface area (Å²) in [5.41, 5.74) is 3.64. The van der Waals surface area contributed by atoms with Gasteiger partial charge in [-0.25, -0.2) is 4.98 Å². The number of H-pyrrole nitrogens is 1. The van der Waals surface area contributed by atoms with Gasteiger partial charge in [0.1, 0.15) is 5.75 Å². The number of nitrogens with zero attached hydrogens (tertiary/aromatic N) is 1.